The molecule has 1 unspecified atom stereocenters. The van der Waals surface area contributed by atoms with Gasteiger partial charge in [0.25, 0.3) is 0 Å². The van der Waals surface area contributed by atoms with Crippen molar-refractivity contribution >= 4 is 33.3 Å². The van der Waals surface area contributed by atoms with E-state index >= 15 is 0 Å². The zero-order valence-electron chi connectivity index (χ0n) is 8.77. The molecule has 3 rings (SSSR count). The monoisotopic (exact) mass is 297 g/mol. The SMILES string of the molecule is Brc1ccn2c(C3CCCCS3)nnc2c1. The molecule has 0 bridgehead atoms. The summed E-state index contributed by atoms with van der Waals surface area (Å²) in [6.07, 6.45) is 5.91. The van der Waals surface area contributed by atoms with Gasteiger partial charge < -0.3 is 0 Å². The Kier molecular flexibility index (Phi) is 2.90. The topological polar surface area (TPSA) is 30.2 Å². The highest BCUT2D eigenvalue weighted by atomic mass is 79.9. The number of rotatable bonds is 1. The van der Waals surface area contributed by atoms with Crippen LogP contribution in [0.25, 0.3) is 5.65 Å². The molecule has 1 aliphatic heterocycles. The molecular formula is C11H12BrN3S. The van der Waals surface area contributed by atoms with E-state index in [1.807, 2.05) is 30.1 Å². The van der Waals surface area contributed by atoms with Crippen LogP contribution in [-0.4, -0.2) is 20.4 Å². The van der Waals surface area contributed by atoms with E-state index in [0.29, 0.717) is 5.25 Å². The molecule has 0 amide bonds. The molecule has 0 saturated carbocycles. The summed E-state index contributed by atoms with van der Waals surface area (Å²) in [6, 6.07) is 4.04. The van der Waals surface area contributed by atoms with Gasteiger partial charge in [0, 0.05) is 10.7 Å². The summed E-state index contributed by atoms with van der Waals surface area (Å²) in [5.74, 6) is 2.35. The smallest absolute Gasteiger partial charge is 0.161 e. The van der Waals surface area contributed by atoms with E-state index in [-0.39, 0.29) is 0 Å². The van der Waals surface area contributed by atoms with Crippen LogP contribution in [0, 0.1) is 0 Å². The minimum Gasteiger partial charge on any atom is -0.285 e. The average Bonchev–Trinajstić information content (AvgIpc) is 2.73. The summed E-state index contributed by atoms with van der Waals surface area (Å²) in [7, 11) is 0. The lowest BCUT2D eigenvalue weighted by molar-refractivity contribution is 0.657. The van der Waals surface area contributed by atoms with Crippen molar-refractivity contribution < 1.29 is 0 Å². The number of fused-ring (bicyclic) bond motifs is 1. The first kappa shape index (κ1) is 10.6. The molecule has 0 aromatic carbocycles. The van der Waals surface area contributed by atoms with Gasteiger partial charge in [0.05, 0.1) is 5.25 Å². The quantitative estimate of drug-likeness (QED) is 0.808. The molecule has 5 heteroatoms. The molecule has 0 N–H and O–H groups in total. The van der Waals surface area contributed by atoms with Gasteiger partial charge in [0.2, 0.25) is 0 Å². The maximum Gasteiger partial charge on any atom is 0.161 e. The molecule has 3 heterocycles. The van der Waals surface area contributed by atoms with E-state index in [1.54, 1.807) is 0 Å². The van der Waals surface area contributed by atoms with Gasteiger partial charge >= 0.3 is 0 Å². The van der Waals surface area contributed by atoms with E-state index in [9.17, 15) is 0 Å². The average molecular weight is 298 g/mol. The third-order valence-electron chi connectivity index (χ3n) is 2.87. The zero-order chi connectivity index (χ0) is 11.0. The number of thioether (sulfide) groups is 1. The van der Waals surface area contributed by atoms with Crippen molar-refractivity contribution in [3.05, 3.63) is 28.6 Å². The highest BCUT2D eigenvalue weighted by Crippen LogP contribution is 2.37. The molecule has 2 aromatic heterocycles. The second-order valence-corrected chi connectivity index (χ2v) is 6.21. The first-order valence-corrected chi connectivity index (χ1v) is 7.30. The van der Waals surface area contributed by atoms with Crippen LogP contribution in [0.15, 0.2) is 22.8 Å². The Morgan fingerprint density at radius 1 is 1.38 bits per heavy atom. The van der Waals surface area contributed by atoms with Crippen LogP contribution in [-0.2, 0) is 0 Å². The summed E-state index contributed by atoms with van der Waals surface area (Å²) in [5, 5.41) is 9.07. The number of hydrogen-bond acceptors (Lipinski definition) is 3. The maximum atomic E-state index is 4.33. The van der Waals surface area contributed by atoms with Crippen molar-refractivity contribution in [2.75, 3.05) is 5.75 Å². The lowest BCUT2D eigenvalue weighted by Gasteiger charge is -2.19. The molecule has 1 atom stereocenters. The number of hydrogen-bond donors (Lipinski definition) is 0. The van der Waals surface area contributed by atoms with Crippen molar-refractivity contribution in [1.29, 1.82) is 0 Å². The molecule has 0 spiro atoms. The van der Waals surface area contributed by atoms with Gasteiger partial charge in [-0.1, -0.05) is 22.4 Å². The summed E-state index contributed by atoms with van der Waals surface area (Å²) in [4.78, 5) is 0. The van der Waals surface area contributed by atoms with Crippen LogP contribution in [0.4, 0.5) is 0 Å². The van der Waals surface area contributed by atoms with Crippen molar-refractivity contribution in [2.24, 2.45) is 0 Å². The fourth-order valence-electron chi connectivity index (χ4n) is 2.05. The maximum absolute atomic E-state index is 4.33. The molecule has 1 fully saturated rings. The molecule has 1 aliphatic rings. The molecule has 2 aromatic rings. The van der Waals surface area contributed by atoms with Crippen LogP contribution >= 0.6 is 27.7 Å². The Bertz CT molecular complexity index is 505. The summed E-state index contributed by atoms with van der Waals surface area (Å²) in [6.45, 7) is 0. The number of nitrogens with zero attached hydrogens (tertiary/aromatic N) is 3. The first-order valence-electron chi connectivity index (χ1n) is 5.46. The molecule has 84 valence electrons. The highest BCUT2D eigenvalue weighted by molar-refractivity contribution is 9.10. The molecule has 0 radical (unpaired) electrons. The molecular weight excluding hydrogens is 286 g/mol. The van der Waals surface area contributed by atoms with E-state index in [2.05, 4.69) is 30.5 Å². The van der Waals surface area contributed by atoms with Crippen molar-refractivity contribution in [1.82, 2.24) is 14.6 Å². The van der Waals surface area contributed by atoms with E-state index < -0.39 is 0 Å². The van der Waals surface area contributed by atoms with Crippen LogP contribution in [0.3, 0.4) is 0 Å². The minimum absolute atomic E-state index is 0.518. The predicted octanol–water partition coefficient (Wildman–Crippen LogP) is 3.45. The van der Waals surface area contributed by atoms with Gasteiger partial charge in [-0.25, -0.2) is 0 Å². The molecule has 0 aliphatic carbocycles. The van der Waals surface area contributed by atoms with Gasteiger partial charge in [-0.3, -0.25) is 4.40 Å². The Morgan fingerprint density at radius 3 is 3.12 bits per heavy atom. The Morgan fingerprint density at radius 2 is 2.31 bits per heavy atom. The van der Waals surface area contributed by atoms with Crippen molar-refractivity contribution in [2.45, 2.75) is 24.5 Å². The third-order valence-corrected chi connectivity index (χ3v) is 4.73. The van der Waals surface area contributed by atoms with Crippen LogP contribution < -0.4 is 0 Å². The van der Waals surface area contributed by atoms with Gasteiger partial charge in [-0.2, -0.15) is 11.8 Å². The van der Waals surface area contributed by atoms with Gasteiger partial charge in [0.15, 0.2) is 11.5 Å². The van der Waals surface area contributed by atoms with Gasteiger partial charge in [-0.05, 0) is 30.7 Å². The van der Waals surface area contributed by atoms with E-state index in [1.165, 1.54) is 25.0 Å². The second kappa shape index (κ2) is 4.37. The largest absolute Gasteiger partial charge is 0.285 e. The lowest BCUT2D eigenvalue weighted by atomic mass is 10.2. The Balaban J connectivity index is 2.03. The summed E-state index contributed by atoms with van der Waals surface area (Å²) in [5.41, 5.74) is 0.926. The standard InChI is InChI=1S/C11H12BrN3S/c12-8-4-5-15-10(7-8)13-14-11(15)9-3-1-2-6-16-9/h4-5,7,9H,1-3,6H2. The number of halogens is 1. The van der Waals surface area contributed by atoms with Gasteiger partial charge in [0.1, 0.15) is 0 Å². The normalized spacial score (nSPS) is 21.4. The highest BCUT2D eigenvalue weighted by Gasteiger charge is 2.21. The predicted molar refractivity (Wildman–Crippen MR) is 69.7 cm³/mol. The third kappa shape index (κ3) is 1.86. The Labute approximate surface area is 107 Å². The summed E-state index contributed by atoms with van der Waals surface area (Å²) >= 11 is 5.46. The fraction of sp³-hybridized carbons (Fsp3) is 0.455. The molecule has 1 saturated heterocycles. The van der Waals surface area contributed by atoms with Crippen molar-refractivity contribution in [3.8, 4) is 0 Å². The molecule has 16 heavy (non-hydrogen) atoms. The second-order valence-electron chi connectivity index (χ2n) is 3.99. The van der Waals surface area contributed by atoms with Crippen molar-refractivity contribution in [3.63, 3.8) is 0 Å². The van der Waals surface area contributed by atoms with Crippen LogP contribution in [0.2, 0.25) is 0 Å². The first-order chi connectivity index (χ1) is 7.84. The minimum atomic E-state index is 0.518. The number of pyridine rings is 1. The Hall–Kier alpha value is -0.550. The molecule has 3 nitrogen and oxygen atoms in total. The number of aromatic nitrogens is 3. The van der Waals surface area contributed by atoms with E-state index in [4.69, 9.17) is 0 Å². The lowest BCUT2D eigenvalue weighted by Crippen LogP contribution is -2.06. The van der Waals surface area contributed by atoms with Crippen LogP contribution in [0.5, 0.6) is 0 Å². The fourth-order valence-corrected chi connectivity index (χ4v) is 3.67. The van der Waals surface area contributed by atoms with Gasteiger partial charge in [-0.15, -0.1) is 10.2 Å². The van der Waals surface area contributed by atoms with Crippen LogP contribution in [0.1, 0.15) is 30.3 Å². The summed E-state index contributed by atoms with van der Waals surface area (Å²) < 4.78 is 3.16. The van der Waals surface area contributed by atoms with E-state index in [0.717, 1.165) is 15.9 Å². The zero-order valence-corrected chi connectivity index (χ0v) is 11.2.